The molecule has 3 nitrogen and oxygen atoms in total. The molecule has 0 saturated carbocycles. The molecule has 0 rings (SSSR count). The first-order valence-corrected chi connectivity index (χ1v) is 0.612. The van der Waals surface area contributed by atoms with Gasteiger partial charge in [-0.25, -0.2) is 0 Å². The molecule has 0 unspecified atom stereocenters. The predicted molar refractivity (Wildman–Crippen MR) is 19.9 cm³/mol. The van der Waals surface area contributed by atoms with Crippen LogP contribution in [0.25, 0.3) is 0 Å². The van der Waals surface area contributed by atoms with Crippen LogP contribution >= 0.6 is 24.8 Å². The third-order valence-corrected chi connectivity index (χ3v) is 0. The van der Waals surface area contributed by atoms with Crippen molar-refractivity contribution in [3.63, 3.8) is 0 Å². The van der Waals surface area contributed by atoms with Crippen LogP contribution in [-0.4, -0.2) is 6.16 Å². The fourth-order valence-corrected chi connectivity index (χ4v) is 0. The molecule has 7 heteroatoms. The first-order chi connectivity index (χ1) is 1.73. The van der Waals surface area contributed by atoms with Crippen LogP contribution in [0.5, 0.6) is 0 Å². The molecule has 0 aliphatic rings. The van der Waals surface area contributed by atoms with Gasteiger partial charge in [0.05, 0.1) is 0 Å². The van der Waals surface area contributed by atoms with Crippen molar-refractivity contribution >= 4 is 31.0 Å². The van der Waals surface area contributed by atoms with E-state index >= 15 is 0 Å². The third kappa shape index (κ3) is 61.7. The van der Waals surface area contributed by atoms with Crippen LogP contribution in [0.1, 0.15) is 0 Å². The van der Waals surface area contributed by atoms with Crippen molar-refractivity contribution in [2.24, 2.45) is 0 Å². The summed E-state index contributed by atoms with van der Waals surface area (Å²) in [5, 5.41) is 16.7. The van der Waals surface area contributed by atoms with Crippen molar-refractivity contribution in [1.29, 1.82) is 0 Å². The van der Waals surface area contributed by atoms with E-state index in [-0.39, 0.29) is 128 Å². The summed E-state index contributed by atoms with van der Waals surface area (Å²) in [7, 11) is 0. The molecule has 0 aliphatic heterocycles. The van der Waals surface area contributed by atoms with Crippen LogP contribution in [0.3, 0.4) is 0 Å². The van der Waals surface area contributed by atoms with Gasteiger partial charge in [-0.15, -0.1) is 24.8 Å². The smallest absolute Gasteiger partial charge is 0.652 e. The largest absolute Gasteiger partial charge is 1.00 e. The van der Waals surface area contributed by atoms with Gasteiger partial charge in [-0.05, 0) is 6.16 Å². The van der Waals surface area contributed by atoms with E-state index in [9.17, 15) is 0 Å². The fraction of sp³-hybridized carbons (Fsp3) is 0. The Bertz CT molecular complexity index is 38.3. The molecular weight excluding hydrogens is 209 g/mol. The van der Waals surface area contributed by atoms with Gasteiger partial charge in [0, 0.05) is 0 Å². The molecule has 0 amide bonds. The summed E-state index contributed by atoms with van der Waals surface area (Å²) >= 11 is 0. The van der Waals surface area contributed by atoms with Crippen molar-refractivity contribution in [1.82, 2.24) is 0 Å². The summed E-state index contributed by atoms with van der Waals surface area (Å²) < 4.78 is 0. The van der Waals surface area contributed by atoms with Crippen LogP contribution in [-0.2, 0) is 0 Å². The Labute approximate surface area is 145 Å². The zero-order chi connectivity index (χ0) is 3.58. The number of rotatable bonds is 0. The van der Waals surface area contributed by atoms with E-state index in [0.717, 1.165) is 0 Å². The second-order valence-corrected chi connectivity index (χ2v) is 0.250. The van der Waals surface area contributed by atoms with Crippen LogP contribution in [0.15, 0.2) is 0 Å². The van der Waals surface area contributed by atoms with E-state index in [0.29, 0.717) is 0 Å². The van der Waals surface area contributed by atoms with Crippen LogP contribution in [0.2, 0.25) is 0 Å². The summed E-state index contributed by atoms with van der Waals surface area (Å²) in [5.41, 5.74) is 0. The number of carbonyl (C=O) groups is 1. The van der Waals surface area contributed by atoms with E-state index < -0.39 is 6.16 Å². The SMILES string of the molecule is Cl.Cl.O=C([O-])[O-].[K+].[K+]. The summed E-state index contributed by atoms with van der Waals surface area (Å²) in [6.45, 7) is 0. The number of halogens is 2. The maximum Gasteiger partial charge on any atom is 1.00 e. The molecule has 0 fully saturated rings. The van der Waals surface area contributed by atoms with E-state index in [1.807, 2.05) is 0 Å². The number of carboxylic acid groups (broad SMARTS) is 2. The quantitative estimate of drug-likeness (QED) is 0.374. The minimum atomic E-state index is -2.33. The Hall–Kier alpha value is 3.12. The van der Waals surface area contributed by atoms with E-state index in [2.05, 4.69) is 0 Å². The predicted octanol–water partition coefficient (Wildman–Crippen LogP) is -7.60. The Balaban J connectivity index is -0.00000000750. The van der Waals surface area contributed by atoms with Crippen LogP contribution < -0.4 is 113 Å². The first kappa shape index (κ1) is 30.4. The summed E-state index contributed by atoms with van der Waals surface area (Å²) in [6.07, 6.45) is -2.33. The van der Waals surface area contributed by atoms with Gasteiger partial charge in [0.15, 0.2) is 0 Å². The zero-order valence-corrected chi connectivity index (χ0v) is 12.4. The van der Waals surface area contributed by atoms with E-state index in [1.165, 1.54) is 0 Å². The first-order valence-electron chi connectivity index (χ1n) is 0.612. The van der Waals surface area contributed by atoms with Gasteiger partial charge in [-0.3, -0.25) is 0 Å². The molecule has 0 spiro atoms. The maximum atomic E-state index is 8.33. The molecule has 0 radical (unpaired) electrons. The maximum absolute atomic E-state index is 8.33. The van der Waals surface area contributed by atoms with Crippen LogP contribution in [0.4, 0.5) is 4.79 Å². The van der Waals surface area contributed by atoms with E-state index in [1.54, 1.807) is 0 Å². The zero-order valence-electron chi connectivity index (χ0n) is 4.54. The van der Waals surface area contributed by atoms with Crippen molar-refractivity contribution in [2.45, 2.75) is 0 Å². The minimum absolute atomic E-state index is 0. The summed E-state index contributed by atoms with van der Waals surface area (Å²) in [6, 6.07) is 0. The standard InChI is InChI=1S/CH2O3.2ClH.2K/c2-1(3)4;;;;/h(H2,2,3,4);2*1H;;/q;;;2*+1/p-2. The number of hydrogen-bond acceptors (Lipinski definition) is 3. The van der Waals surface area contributed by atoms with Gasteiger partial charge in [-0.2, -0.15) is 0 Å². The molecule has 0 aromatic carbocycles. The molecule has 0 aromatic heterocycles. The van der Waals surface area contributed by atoms with Gasteiger partial charge >= 0.3 is 103 Å². The third-order valence-electron chi connectivity index (χ3n) is 0. The van der Waals surface area contributed by atoms with Gasteiger partial charge in [0.25, 0.3) is 0 Å². The summed E-state index contributed by atoms with van der Waals surface area (Å²) in [5.74, 6) is 0. The Kier molecular flexibility index (Phi) is 85.4. The molecule has 0 saturated heterocycles. The average Bonchev–Trinajstić information content (AvgIpc) is 0.811. The molecule has 0 heterocycles. The van der Waals surface area contributed by atoms with E-state index in [4.69, 9.17) is 15.0 Å². The minimum Gasteiger partial charge on any atom is -0.652 e. The second kappa shape index (κ2) is 22.5. The van der Waals surface area contributed by atoms with Crippen molar-refractivity contribution in [3.8, 4) is 0 Å². The van der Waals surface area contributed by atoms with Gasteiger partial charge in [-0.1, -0.05) is 0 Å². The van der Waals surface area contributed by atoms with Crippen molar-refractivity contribution in [2.75, 3.05) is 0 Å². The molecule has 8 heavy (non-hydrogen) atoms. The Morgan fingerprint density at radius 3 is 1.00 bits per heavy atom. The second-order valence-electron chi connectivity index (χ2n) is 0.250. The molecular formula is CH2Cl2K2O3. The van der Waals surface area contributed by atoms with Gasteiger partial charge in [0.2, 0.25) is 0 Å². The Morgan fingerprint density at radius 2 is 1.00 bits per heavy atom. The fourth-order valence-electron chi connectivity index (χ4n) is 0. The summed E-state index contributed by atoms with van der Waals surface area (Å²) in [4.78, 5) is 8.33. The molecule has 0 N–H and O–H groups in total. The average molecular weight is 211 g/mol. The molecule has 0 bridgehead atoms. The monoisotopic (exact) mass is 210 g/mol. The molecule has 0 aliphatic carbocycles. The van der Waals surface area contributed by atoms with Crippen molar-refractivity contribution in [3.05, 3.63) is 0 Å². The molecule has 0 aromatic rings. The molecule has 40 valence electrons. The number of carbonyl (C=O) groups excluding carboxylic acids is 1. The molecule has 0 atom stereocenters. The van der Waals surface area contributed by atoms with Gasteiger partial charge < -0.3 is 15.0 Å². The van der Waals surface area contributed by atoms with Crippen LogP contribution in [0, 0.1) is 0 Å². The normalized spacial score (nSPS) is 3.00. The Morgan fingerprint density at radius 1 is 1.00 bits per heavy atom. The number of hydrogen-bond donors (Lipinski definition) is 0. The van der Waals surface area contributed by atoms with Gasteiger partial charge in [0.1, 0.15) is 0 Å². The topological polar surface area (TPSA) is 63.2 Å². The van der Waals surface area contributed by atoms with Crippen molar-refractivity contribution < 1.29 is 118 Å².